The van der Waals surface area contributed by atoms with E-state index >= 15 is 0 Å². The van der Waals surface area contributed by atoms with E-state index in [1.54, 1.807) is 13.1 Å². The molecule has 2 aromatic heterocycles. The van der Waals surface area contributed by atoms with Crippen LogP contribution in [-0.4, -0.2) is 80.3 Å². The quantitative estimate of drug-likeness (QED) is 0.246. The molecule has 16 heteroatoms. The van der Waals surface area contributed by atoms with Gasteiger partial charge >= 0.3 is 5.97 Å². The molecule has 0 radical (unpaired) electrons. The molecule has 0 aliphatic carbocycles. The summed E-state index contributed by atoms with van der Waals surface area (Å²) in [7, 11) is 1.68. The van der Waals surface area contributed by atoms with Crippen molar-refractivity contribution in [3.8, 4) is 0 Å². The van der Waals surface area contributed by atoms with Crippen LogP contribution < -0.4 is 11.1 Å². The zero-order valence-corrected chi connectivity index (χ0v) is 19.9. The van der Waals surface area contributed by atoms with Gasteiger partial charge in [0, 0.05) is 30.1 Å². The van der Waals surface area contributed by atoms with Crippen molar-refractivity contribution in [2.75, 3.05) is 17.2 Å². The Morgan fingerprint density at radius 1 is 1.42 bits per heavy atom. The van der Waals surface area contributed by atoms with Gasteiger partial charge in [-0.15, -0.1) is 16.9 Å². The van der Waals surface area contributed by atoms with Crippen molar-refractivity contribution < 1.29 is 19.5 Å². The number of carbonyl (C=O) groups excluding carboxylic acids is 2. The Balaban J connectivity index is 1.49. The first-order chi connectivity index (χ1) is 15.8. The number of carboxylic acids is 1. The Hall–Kier alpha value is -2.98. The molecule has 4 heterocycles. The minimum atomic E-state index is -1.20. The van der Waals surface area contributed by atoms with E-state index in [0.717, 1.165) is 11.5 Å². The monoisotopic (exact) mass is 509 g/mol. The third kappa shape index (κ3) is 4.45. The van der Waals surface area contributed by atoms with Gasteiger partial charge < -0.3 is 16.2 Å². The van der Waals surface area contributed by atoms with Crippen molar-refractivity contribution in [1.82, 2.24) is 39.8 Å². The molecule has 13 nitrogen and oxygen atoms in total. The Morgan fingerprint density at radius 3 is 2.82 bits per heavy atom. The molecule has 1 saturated heterocycles. The number of allylic oxidation sites excluding steroid dienone is 1. The Morgan fingerprint density at radius 2 is 2.21 bits per heavy atom. The van der Waals surface area contributed by atoms with Gasteiger partial charge in [-0.05, 0) is 22.4 Å². The molecule has 0 aromatic carbocycles. The topological polar surface area (TPSA) is 182 Å². The van der Waals surface area contributed by atoms with E-state index in [-0.39, 0.29) is 22.2 Å². The van der Waals surface area contributed by atoms with Crippen molar-refractivity contribution in [3.05, 3.63) is 23.2 Å². The van der Waals surface area contributed by atoms with Crippen LogP contribution in [0.2, 0.25) is 0 Å². The van der Waals surface area contributed by atoms with Gasteiger partial charge in [0.05, 0.1) is 5.57 Å². The first kappa shape index (κ1) is 23.2. The van der Waals surface area contributed by atoms with Gasteiger partial charge in [0.15, 0.2) is 11.0 Å². The number of β-lactam (4-membered cyclic amide) rings is 1. The van der Waals surface area contributed by atoms with Crippen molar-refractivity contribution in [2.45, 2.75) is 29.9 Å². The zero-order chi connectivity index (χ0) is 23.7. The second-order valence-electron chi connectivity index (χ2n) is 6.97. The van der Waals surface area contributed by atoms with Crippen LogP contribution in [0.15, 0.2) is 22.5 Å². The number of aromatic nitrogens is 6. The third-order valence-corrected chi connectivity index (χ3v) is 7.81. The highest BCUT2D eigenvalue weighted by atomic mass is 32.2. The molecule has 0 spiro atoms. The van der Waals surface area contributed by atoms with Gasteiger partial charge in [-0.3, -0.25) is 14.5 Å². The standard InChI is InChI=1S/C17H19N9O4S3/c1-3-4-8(11-20-16(18)33-22-11)12(27)19-9-13(28)26-10(15(29)30)7(5-31-14(9)26)6-32-17-21-23-24-25(17)2/h4,9,14H,3,5-6H2,1-2H3,(H,19,27)(H,29,30)(H2,18,20,22)/b8-4-/t9?,14-/m1/s1. The number of nitrogen functional groups attached to an aromatic ring is 1. The number of nitrogens with two attached hydrogens (primary N) is 1. The lowest BCUT2D eigenvalue weighted by molar-refractivity contribution is -0.150. The highest BCUT2D eigenvalue weighted by molar-refractivity contribution is 8.01. The van der Waals surface area contributed by atoms with Gasteiger partial charge in [0.2, 0.25) is 5.16 Å². The summed E-state index contributed by atoms with van der Waals surface area (Å²) in [6.07, 6.45) is 2.21. The van der Waals surface area contributed by atoms with E-state index in [2.05, 4.69) is 30.2 Å². The van der Waals surface area contributed by atoms with Gasteiger partial charge in [0.25, 0.3) is 11.8 Å². The summed E-state index contributed by atoms with van der Waals surface area (Å²) in [6.45, 7) is 1.86. The number of anilines is 1. The summed E-state index contributed by atoms with van der Waals surface area (Å²) in [4.78, 5) is 43.0. The Labute approximate surface area is 200 Å². The number of amides is 2. The lowest BCUT2D eigenvalue weighted by atomic mass is 10.0. The van der Waals surface area contributed by atoms with E-state index < -0.39 is 29.2 Å². The molecule has 0 saturated carbocycles. The summed E-state index contributed by atoms with van der Waals surface area (Å²) >= 11 is 3.65. The number of carboxylic acid groups (broad SMARTS) is 1. The number of hydrogen-bond acceptors (Lipinski definition) is 12. The number of aryl methyl sites for hydroxylation is 1. The molecule has 2 aliphatic rings. The SMILES string of the molecule is CC/C=C(\C(=O)NC1C(=O)N2C(C(=O)O)=C(CSc3nnnn3C)CS[C@H]12)c1nsc(N)n1. The van der Waals surface area contributed by atoms with E-state index in [0.29, 0.717) is 28.7 Å². The number of aliphatic carboxylic acids is 1. The number of fused-ring (bicyclic) bond motifs is 1. The van der Waals surface area contributed by atoms with Crippen molar-refractivity contribution >= 4 is 63.5 Å². The maximum Gasteiger partial charge on any atom is 0.352 e. The predicted octanol–water partition coefficient (Wildman–Crippen LogP) is -0.0319. The van der Waals surface area contributed by atoms with Crippen LogP contribution in [0.4, 0.5) is 5.13 Å². The van der Waals surface area contributed by atoms with Crippen LogP contribution in [0.25, 0.3) is 5.57 Å². The number of carbonyl (C=O) groups is 3. The Kier molecular flexibility index (Phi) is 6.66. The van der Waals surface area contributed by atoms with Crippen LogP contribution in [0.1, 0.15) is 19.2 Å². The number of hydrogen-bond donors (Lipinski definition) is 3. The van der Waals surface area contributed by atoms with Crippen LogP contribution in [-0.2, 0) is 21.4 Å². The first-order valence-electron chi connectivity index (χ1n) is 9.67. The molecule has 174 valence electrons. The van der Waals surface area contributed by atoms with Gasteiger partial charge in [-0.1, -0.05) is 24.8 Å². The smallest absolute Gasteiger partial charge is 0.352 e. The molecule has 1 unspecified atom stereocenters. The number of tetrazole rings is 1. The summed E-state index contributed by atoms with van der Waals surface area (Å²) in [5.74, 6) is -1.29. The average Bonchev–Trinajstić information content (AvgIpc) is 3.40. The Bertz CT molecular complexity index is 1170. The number of thioether (sulfide) groups is 2. The third-order valence-electron chi connectivity index (χ3n) is 4.83. The van der Waals surface area contributed by atoms with Gasteiger partial charge in [0.1, 0.15) is 17.1 Å². The predicted molar refractivity (Wildman–Crippen MR) is 122 cm³/mol. The fourth-order valence-electron chi connectivity index (χ4n) is 3.34. The molecular weight excluding hydrogens is 490 g/mol. The van der Waals surface area contributed by atoms with Crippen LogP contribution in [0.5, 0.6) is 0 Å². The lowest BCUT2D eigenvalue weighted by Gasteiger charge is -2.49. The molecule has 4 N–H and O–H groups in total. The van der Waals surface area contributed by atoms with Crippen molar-refractivity contribution in [2.24, 2.45) is 7.05 Å². The molecule has 2 atom stereocenters. The minimum Gasteiger partial charge on any atom is -0.477 e. The second kappa shape index (κ2) is 9.48. The maximum atomic E-state index is 12.9. The molecule has 1 fully saturated rings. The maximum absolute atomic E-state index is 12.9. The number of nitrogens with zero attached hydrogens (tertiary/aromatic N) is 7. The molecular formula is C17H19N9O4S3. The molecule has 33 heavy (non-hydrogen) atoms. The molecule has 0 bridgehead atoms. The fraction of sp³-hybridized carbons (Fsp3) is 0.412. The highest BCUT2D eigenvalue weighted by Crippen LogP contribution is 2.41. The molecule has 2 amide bonds. The molecule has 2 aliphatic heterocycles. The summed E-state index contributed by atoms with van der Waals surface area (Å²) < 4.78 is 5.56. The molecule has 2 aromatic rings. The number of nitrogens with one attached hydrogen (secondary N) is 1. The molecule has 4 rings (SSSR count). The largest absolute Gasteiger partial charge is 0.477 e. The van der Waals surface area contributed by atoms with E-state index in [1.165, 1.54) is 33.1 Å². The fourth-order valence-corrected chi connectivity index (χ4v) is 6.12. The summed E-state index contributed by atoms with van der Waals surface area (Å²) in [5, 5.41) is 23.9. The number of rotatable bonds is 8. The summed E-state index contributed by atoms with van der Waals surface area (Å²) in [6, 6.07) is -0.856. The van der Waals surface area contributed by atoms with E-state index in [9.17, 15) is 19.5 Å². The van der Waals surface area contributed by atoms with Gasteiger partial charge in [-0.2, -0.15) is 9.36 Å². The lowest BCUT2D eigenvalue weighted by Crippen LogP contribution is -2.70. The van der Waals surface area contributed by atoms with Crippen LogP contribution >= 0.6 is 35.1 Å². The first-order valence-corrected chi connectivity index (χ1v) is 12.5. The van der Waals surface area contributed by atoms with Gasteiger partial charge in [-0.25, -0.2) is 9.48 Å². The normalized spacial score (nSPS) is 20.5. The minimum absolute atomic E-state index is 0.0601. The summed E-state index contributed by atoms with van der Waals surface area (Å²) in [5.41, 5.74) is 6.38. The van der Waals surface area contributed by atoms with Crippen molar-refractivity contribution in [3.63, 3.8) is 0 Å². The second-order valence-corrected chi connectivity index (χ2v) is 9.81. The average molecular weight is 510 g/mol. The van der Waals surface area contributed by atoms with E-state index in [4.69, 9.17) is 5.73 Å². The van der Waals surface area contributed by atoms with Crippen LogP contribution in [0, 0.1) is 0 Å². The van der Waals surface area contributed by atoms with Crippen LogP contribution in [0.3, 0.4) is 0 Å². The zero-order valence-electron chi connectivity index (χ0n) is 17.5. The van der Waals surface area contributed by atoms with Crippen molar-refractivity contribution in [1.29, 1.82) is 0 Å². The highest BCUT2D eigenvalue weighted by Gasteiger charge is 2.54. The van der Waals surface area contributed by atoms with E-state index in [1.807, 2.05) is 6.92 Å².